The zero-order chi connectivity index (χ0) is 13.1. The lowest BCUT2D eigenvalue weighted by Gasteiger charge is -2.33. The first kappa shape index (κ1) is 13.0. The second kappa shape index (κ2) is 5.47. The quantitative estimate of drug-likeness (QED) is 0.757. The lowest BCUT2D eigenvalue weighted by molar-refractivity contribution is 0.517. The van der Waals surface area contributed by atoms with Crippen molar-refractivity contribution in [1.29, 1.82) is 0 Å². The van der Waals surface area contributed by atoms with E-state index in [2.05, 4.69) is 48.1 Å². The fourth-order valence-electron chi connectivity index (χ4n) is 3.11. The topological polar surface area (TPSA) is 24.7 Å². The van der Waals surface area contributed by atoms with Crippen molar-refractivity contribution in [3.05, 3.63) is 35.4 Å². The van der Waals surface area contributed by atoms with E-state index in [1.165, 1.54) is 35.4 Å². The van der Waals surface area contributed by atoms with E-state index in [-0.39, 0.29) is 0 Å². The maximum absolute atomic E-state index is 4.57. The number of nitrogens with zero attached hydrogens (tertiary/aromatic N) is 2. The van der Waals surface area contributed by atoms with Crippen molar-refractivity contribution in [2.24, 2.45) is 21.8 Å². The third-order valence-electron chi connectivity index (χ3n) is 3.95. The molecule has 0 heterocycles. The first-order valence-corrected chi connectivity index (χ1v) is 6.77. The van der Waals surface area contributed by atoms with Gasteiger partial charge in [-0.15, -0.1) is 0 Å². The van der Waals surface area contributed by atoms with Crippen LogP contribution in [0, 0.1) is 11.8 Å². The summed E-state index contributed by atoms with van der Waals surface area (Å²) in [6, 6.07) is 8.53. The Hall–Kier alpha value is -1.44. The fourth-order valence-corrected chi connectivity index (χ4v) is 3.11. The van der Waals surface area contributed by atoms with E-state index < -0.39 is 0 Å². The molecule has 0 N–H and O–H groups in total. The van der Waals surface area contributed by atoms with Crippen molar-refractivity contribution in [2.45, 2.75) is 26.7 Å². The number of hydrogen-bond acceptors (Lipinski definition) is 2. The average molecular weight is 242 g/mol. The van der Waals surface area contributed by atoms with Gasteiger partial charge in [-0.05, 0) is 6.42 Å². The van der Waals surface area contributed by atoms with Gasteiger partial charge in [-0.3, -0.25) is 9.98 Å². The van der Waals surface area contributed by atoms with Gasteiger partial charge in [-0.25, -0.2) is 0 Å². The van der Waals surface area contributed by atoms with E-state index in [9.17, 15) is 0 Å². The van der Waals surface area contributed by atoms with E-state index in [4.69, 9.17) is 0 Å². The normalized spacial score (nSPS) is 27.6. The van der Waals surface area contributed by atoms with Gasteiger partial charge in [-0.2, -0.15) is 0 Å². The van der Waals surface area contributed by atoms with E-state index in [0.717, 1.165) is 0 Å². The predicted molar refractivity (Wildman–Crippen MR) is 78.9 cm³/mol. The molecule has 0 fully saturated rings. The lowest BCUT2D eigenvalue weighted by Crippen LogP contribution is -2.35. The first-order valence-electron chi connectivity index (χ1n) is 6.77. The minimum atomic E-state index is 0.462. The standard InChI is InChI=1S/C16H22N2/c1-5-8-12-11(2)15(17-3)13-9-6-7-10-14(13)16(12)18-4/h6-7,9-12H,5,8H2,1-4H3. The van der Waals surface area contributed by atoms with Crippen LogP contribution in [0.15, 0.2) is 34.3 Å². The Balaban J connectivity index is 2.60. The van der Waals surface area contributed by atoms with Crippen molar-refractivity contribution in [2.75, 3.05) is 14.1 Å². The highest BCUT2D eigenvalue weighted by Gasteiger charge is 2.34. The molecule has 1 aliphatic carbocycles. The Morgan fingerprint density at radius 2 is 1.56 bits per heavy atom. The van der Waals surface area contributed by atoms with Crippen LogP contribution in [0.5, 0.6) is 0 Å². The first-order chi connectivity index (χ1) is 8.74. The van der Waals surface area contributed by atoms with Crippen molar-refractivity contribution < 1.29 is 0 Å². The highest BCUT2D eigenvalue weighted by molar-refractivity contribution is 6.19. The number of hydrogen-bond donors (Lipinski definition) is 0. The SMILES string of the molecule is CCCC1C(=NC)c2ccccc2C(=NC)C1C. The molecule has 2 heteroatoms. The van der Waals surface area contributed by atoms with Gasteiger partial charge in [0, 0.05) is 48.5 Å². The third-order valence-corrected chi connectivity index (χ3v) is 3.95. The Morgan fingerprint density at radius 1 is 1.00 bits per heavy atom. The van der Waals surface area contributed by atoms with Crippen LogP contribution >= 0.6 is 0 Å². The molecule has 2 unspecified atom stereocenters. The van der Waals surface area contributed by atoms with Gasteiger partial charge in [0.25, 0.3) is 0 Å². The lowest BCUT2D eigenvalue weighted by atomic mass is 9.72. The van der Waals surface area contributed by atoms with E-state index in [0.29, 0.717) is 11.8 Å². The highest BCUT2D eigenvalue weighted by Crippen LogP contribution is 2.33. The molecule has 0 saturated carbocycles. The van der Waals surface area contributed by atoms with E-state index in [1.54, 1.807) is 0 Å². The summed E-state index contributed by atoms with van der Waals surface area (Å²) in [5.74, 6) is 0.970. The van der Waals surface area contributed by atoms with Crippen molar-refractivity contribution in [3.8, 4) is 0 Å². The molecule has 0 aromatic heterocycles. The van der Waals surface area contributed by atoms with Crippen LogP contribution in [-0.2, 0) is 0 Å². The molecular formula is C16H22N2. The minimum absolute atomic E-state index is 0.462. The number of aliphatic imine (C=N–C) groups is 2. The van der Waals surface area contributed by atoms with Crippen LogP contribution in [0.1, 0.15) is 37.8 Å². The second-order valence-electron chi connectivity index (χ2n) is 4.95. The van der Waals surface area contributed by atoms with Gasteiger partial charge < -0.3 is 0 Å². The summed E-state index contributed by atoms with van der Waals surface area (Å²) in [6.07, 6.45) is 2.37. The van der Waals surface area contributed by atoms with Gasteiger partial charge in [0.2, 0.25) is 0 Å². The Kier molecular flexibility index (Phi) is 3.95. The van der Waals surface area contributed by atoms with Crippen LogP contribution in [0.2, 0.25) is 0 Å². The van der Waals surface area contributed by atoms with Crippen LogP contribution in [0.25, 0.3) is 0 Å². The summed E-state index contributed by atoms with van der Waals surface area (Å²) in [7, 11) is 3.81. The molecule has 0 aliphatic heterocycles. The van der Waals surface area contributed by atoms with Gasteiger partial charge in [0.15, 0.2) is 0 Å². The molecule has 0 amide bonds. The van der Waals surface area contributed by atoms with Gasteiger partial charge in [0.05, 0.1) is 0 Å². The molecule has 96 valence electrons. The summed E-state index contributed by atoms with van der Waals surface area (Å²) in [5.41, 5.74) is 5.03. The zero-order valence-corrected chi connectivity index (χ0v) is 11.8. The molecule has 18 heavy (non-hydrogen) atoms. The molecule has 1 aromatic rings. The smallest absolute Gasteiger partial charge is 0.0461 e. The average Bonchev–Trinajstić information content (AvgIpc) is 2.40. The largest absolute Gasteiger partial charge is 0.292 e. The molecule has 0 bridgehead atoms. The van der Waals surface area contributed by atoms with Gasteiger partial charge >= 0.3 is 0 Å². The van der Waals surface area contributed by atoms with Crippen LogP contribution in [0.3, 0.4) is 0 Å². The van der Waals surface area contributed by atoms with Crippen LogP contribution in [0.4, 0.5) is 0 Å². The summed E-state index contributed by atoms with van der Waals surface area (Å²) in [6.45, 7) is 4.52. The molecule has 1 aromatic carbocycles. The van der Waals surface area contributed by atoms with Gasteiger partial charge in [0.1, 0.15) is 0 Å². The fraction of sp³-hybridized carbons (Fsp3) is 0.500. The van der Waals surface area contributed by atoms with Crippen molar-refractivity contribution in [1.82, 2.24) is 0 Å². The Bertz CT molecular complexity index is 486. The van der Waals surface area contributed by atoms with E-state index >= 15 is 0 Å². The predicted octanol–water partition coefficient (Wildman–Crippen LogP) is 3.59. The molecule has 0 spiro atoms. The number of rotatable bonds is 2. The van der Waals surface area contributed by atoms with Crippen molar-refractivity contribution >= 4 is 11.4 Å². The summed E-state index contributed by atoms with van der Waals surface area (Å²) < 4.78 is 0. The minimum Gasteiger partial charge on any atom is -0.292 e. The number of benzene rings is 1. The molecule has 2 atom stereocenters. The van der Waals surface area contributed by atoms with Crippen LogP contribution < -0.4 is 0 Å². The number of fused-ring (bicyclic) bond motifs is 1. The molecule has 1 aliphatic rings. The Morgan fingerprint density at radius 3 is 2.06 bits per heavy atom. The maximum Gasteiger partial charge on any atom is 0.0461 e. The molecule has 2 nitrogen and oxygen atoms in total. The molecule has 0 radical (unpaired) electrons. The third kappa shape index (κ3) is 2.00. The highest BCUT2D eigenvalue weighted by atomic mass is 14.7. The summed E-state index contributed by atoms with van der Waals surface area (Å²) in [4.78, 5) is 9.10. The van der Waals surface area contributed by atoms with Crippen molar-refractivity contribution in [3.63, 3.8) is 0 Å². The maximum atomic E-state index is 4.57. The van der Waals surface area contributed by atoms with E-state index in [1.807, 2.05) is 14.1 Å². The zero-order valence-electron chi connectivity index (χ0n) is 11.8. The summed E-state index contributed by atoms with van der Waals surface area (Å²) >= 11 is 0. The monoisotopic (exact) mass is 242 g/mol. The second-order valence-corrected chi connectivity index (χ2v) is 4.95. The molecule has 0 saturated heterocycles. The van der Waals surface area contributed by atoms with Gasteiger partial charge in [-0.1, -0.05) is 44.5 Å². The molecular weight excluding hydrogens is 220 g/mol. The summed E-state index contributed by atoms with van der Waals surface area (Å²) in [5, 5.41) is 0. The molecule has 2 rings (SSSR count). The van der Waals surface area contributed by atoms with Crippen LogP contribution in [-0.4, -0.2) is 25.5 Å². The Labute approximate surface area is 110 Å².